The molecule has 1 aromatic rings. The molecule has 0 bridgehead atoms. The van der Waals surface area contributed by atoms with Crippen LogP contribution in [0.2, 0.25) is 0 Å². The number of rotatable bonds is 6. The lowest BCUT2D eigenvalue weighted by Crippen LogP contribution is -2.33. The highest BCUT2D eigenvalue weighted by Gasteiger charge is 2.25. The number of nitrogens with one attached hydrogen (secondary N) is 1. The van der Waals surface area contributed by atoms with E-state index in [1.165, 1.54) is 6.42 Å². The van der Waals surface area contributed by atoms with Crippen molar-refractivity contribution in [1.82, 2.24) is 15.1 Å². The average molecular weight is 239 g/mol. The Morgan fingerprint density at radius 1 is 1.41 bits per heavy atom. The van der Waals surface area contributed by atoms with Gasteiger partial charge in [-0.05, 0) is 18.8 Å². The largest absolute Gasteiger partial charge is 0.396 e. The number of aliphatic hydroxyl groups excluding tert-OH is 2. The lowest BCUT2D eigenvalue weighted by atomic mass is 10.1. The Morgan fingerprint density at radius 3 is 3.06 bits per heavy atom. The maximum absolute atomic E-state index is 9.22. The van der Waals surface area contributed by atoms with Crippen LogP contribution in [-0.2, 0) is 13.1 Å². The second kappa shape index (κ2) is 6.14. The summed E-state index contributed by atoms with van der Waals surface area (Å²) in [6.45, 7) is 1.72. The first-order chi connectivity index (χ1) is 8.33. The molecular formula is C12H21N3O2. The lowest BCUT2D eigenvalue weighted by Gasteiger charge is -2.18. The van der Waals surface area contributed by atoms with Crippen molar-refractivity contribution in [3.8, 4) is 0 Å². The fourth-order valence-electron chi connectivity index (χ4n) is 2.50. The molecule has 1 heterocycles. The van der Waals surface area contributed by atoms with Gasteiger partial charge in [-0.3, -0.25) is 4.68 Å². The van der Waals surface area contributed by atoms with E-state index >= 15 is 0 Å². The molecule has 17 heavy (non-hydrogen) atoms. The average Bonchev–Trinajstić information content (AvgIpc) is 2.95. The highest BCUT2D eigenvalue weighted by atomic mass is 16.3. The monoisotopic (exact) mass is 239 g/mol. The molecule has 0 aromatic carbocycles. The van der Waals surface area contributed by atoms with Crippen molar-refractivity contribution in [2.75, 3.05) is 13.2 Å². The number of nitrogens with zero attached hydrogens (tertiary/aromatic N) is 2. The normalized spacial score (nSPS) is 24.4. The third kappa shape index (κ3) is 3.28. The summed E-state index contributed by atoms with van der Waals surface area (Å²) in [5.74, 6) is 0.405. The molecule has 1 aliphatic rings. The summed E-state index contributed by atoms with van der Waals surface area (Å²) in [5, 5.41) is 25.7. The topological polar surface area (TPSA) is 70.3 Å². The maximum Gasteiger partial charge on any atom is 0.0640 e. The second-order valence-electron chi connectivity index (χ2n) is 4.70. The van der Waals surface area contributed by atoms with Gasteiger partial charge in [-0.25, -0.2) is 0 Å². The number of hydrogen-bond donors (Lipinski definition) is 3. The third-order valence-electron chi connectivity index (χ3n) is 3.48. The van der Waals surface area contributed by atoms with Crippen molar-refractivity contribution in [1.29, 1.82) is 0 Å². The van der Waals surface area contributed by atoms with Crippen LogP contribution < -0.4 is 5.32 Å². The first-order valence-corrected chi connectivity index (χ1v) is 6.30. The molecule has 1 fully saturated rings. The van der Waals surface area contributed by atoms with Crippen LogP contribution in [0.5, 0.6) is 0 Å². The Labute approximate surface area is 101 Å². The molecule has 96 valence electrons. The van der Waals surface area contributed by atoms with Gasteiger partial charge in [-0.2, -0.15) is 5.10 Å². The van der Waals surface area contributed by atoms with Gasteiger partial charge in [0.15, 0.2) is 0 Å². The maximum atomic E-state index is 9.22. The van der Waals surface area contributed by atoms with Gasteiger partial charge in [0, 0.05) is 31.0 Å². The SMILES string of the molecule is OCCn1cc(CNC2CCCC2CO)cn1. The van der Waals surface area contributed by atoms with Gasteiger partial charge in [0.25, 0.3) is 0 Å². The predicted molar refractivity (Wildman–Crippen MR) is 64.4 cm³/mol. The van der Waals surface area contributed by atoms with Gasteiger partial charge in [0.05, 0.1) is 19.3 Å². The summed E-state index contributed by atoms with van der Waals surface area (Å²) in [4.78, 5) is 0. The van der Waals surface area contributed by atoms with Crippen LogP contribution >= 0.6 is 0 Å². The molecular weight excluding hydrogens is 218 g/mol. The number of hydrogen-bond acceptors (Lipinski definition) is 4. The molecule has 0 spiro atoms. The van der Waals surface area contributed by atoms with E-state index in [-0.39, 0.29) is 13.2 Å². The molecule has 2 rings (SSSR count). The highest BCUT2D eigenvalue weighted by Crippen LogP contribution is 2.25. The Morgan fingerprint density at radius 2 is 2.29 bits per heavy atom. The van der Waals surface area contributed by atoms with Crippen LogP contribution in [0, 0.1) is 5.92 Å². The molecule has 5 nitrogen and oxygen atoms in total. The van der Waals surface area contributed by atoms with E-state index in [9.17, 15) is 5.11 Å². The first-order valence-electron chi connectivity index (χ1n) is 6.30. The minimum atomic E-state index is 0.115. The van der Waals surface area contributed by atoms with Gasteiger partial charge in [-0.15, -0.1) is 0 Å². The van der Waals surface area contributed by atoms with Gasteiger partial charge in [-0.1, -0.05) is 6.42 Å². The lowest BCUT2D eigenvalue weighted by molar-refractivity contribution is 0.205. The van der Waals surface area contributed by atoms with Gasteiger partial charge in [0.1, 0.15) is 0 Å². The molecule has 2 atom stereocenters. The zero-order valence-electron chi connectivity index (χ0n) is 10.0. The molecule has 2 unspecified atom stereocenters. The summed E-state index contributed by atoms with van der Waals surface area (Å²) >= 11 is 0. The van der Waals surface area contributed by atoms with Crippen molar-refractivity contribution >= 4 is 0 Å². The van der Waals surface area contributed by atoms with Crippen molar-refractivity contribution in [2.45, 2.75) is 38.4 Å². The van der Waals surface area contributed by atoms with Crippen LogP contribution in [0.1, 0.15) is 24.8 Å². The van der Waals surface area contributed by atoms with Crippen LogP contribution in [0.3, 0.4) is 0 Å². The number of aliphatic hydroxyl groups is 2. The summed E-state index contributed by atoms with van der Waals surface area (Å²) in [6.07, 6.45) is 7.25. The second-order valence-corrected chi connectivity index (χ2v) is 4.70. The Hall–Kier alpha value is -0.910. The van der Waals surface area contributed by atoms with E-state index in [2.05, 4.69) is 10.4 Å². The summed E-state index contributed by atoms with van der Waals surface area (Å²) < 4.78 is 1.75. The zero-order valence-corrected chi connectivity index (χ0v) is 10.0. The third-order valence-corrected chi connectivity index (χ3v) is 3.48. The van der Waals surface area contributed by atoms with E-state index in [0.29, 0.717) is 18.5 Å². The Balaban J connectivity index is 1.80. The fraction of sp³-hybridized carbons (Fsp3) is 0.750. The van der Waals surface area contributed by atoms with E-state index < -0.39 is 0 Å². The van der Waals surface area contributed by atoms with Gasteiger partial charge >= 0.3 is 0 Å². The summed E-state index contributed by atoms with van der Waals surface area (Å²) in [5.41, 5.74) is 1.13. The zero-order chi connectivity index (χ0) is 12.1. The Kier molecular flexibility index (Phi) is 4.53. The first kappa shape index (κ1) is 12.5. The van der Waals surface area contributed by atoms with Crippen LogP contribution in [0.15, 0.2) is 12.4 Å². The molecule has 0 amide bonds. The molecule has 0 radical (unpaired) electrons. The smallest absolute Gasteiger partial charge is 0.0640 e. The summed E-state index contributed by atoms with van der Waals surface area (Å²) in [7, 11) is 0. The van der Waals surface area contributed by atoms with Gasteiger partial charge < -0.3 is 15.5 Å². The standard InChI is InChI=1S/C12H21N3O2/c16-5-4-15-8-10(7-14-15)6-13-12-3-1-2-11(12)9-17/h7-8,11-13,16-17H,1-6,9H2. The quantitative estimate of drug-likeness (QED) is 0.660. The number of aromatic nitrogens is 2. The van der Waals surface area contributed by atoms with Crippen molar-refractivity contribution in [2.24, 2.45) is 5.92 Å². The van der Waals surface area contributed by atoms with Crippen molar-refractivity contribution in [3.05, 3.63) is 18.0 Å². The van der Waals surface area contributed by atoms with E-state index in [4.69, 9.17) is 5.11 Å². The Bertz CT molecular complexity index is 340. The minimum Gasteiger partial charge on any atom is -0.396 e. The predicted octanol–water partition coefficient (Wildman–Crippen LogP) is 0.126. The summed E-state index contributed by atoms with van der Waals surface area (Å²) in [6, 6.07) is 0.432. The van der Waals surface area contributed by atoms with Gasteiger partial charge in [0.2, 0.25) is 0 Å². The van der Waals surface area contributed by atoms with E-state index in [1.807, 2.05) is 12.4 Å². The van der Waals surface area contributed by atoms with Crippen LogP contribution in [0.25, 0.3) is 0 Å². The van der Waals surface area contributed by atoms with Crippen LogP contribution in [0.4, 0.5) is 0 Å². The molecule has 1 aromatic heterocycles. The van der Waals surface area contributed by atoms with Crippen molar-refractivity contribution in [3.63, 3.8) is 0 Å². The fourth-order valence-corrected chi connectivity index (χ4v) is 2.50. The van der Waals surface area contributed by atoms with E-state index in [0.717, 1.165) is 24.9 Å². The molecule has 0 saturated heterocycles. The minimum absolute atomic E-state index is 0.115. The molecule has 3 N–H and O–H groups in total. The van der Waals surface area contributed by atoms with Crippen LogP contribution in [-0.4, -0.2) is 39.2 Å². The molecule has 1 saturated carbocycles. The molecule has 5 heteroatoms. The molecule has 1 aliphatic carbocycles. The highest BCUT2D eigenvalue weighted by molar-refractivity contribution is 5.04. The van der Waals surface area contributed by atoms with Crippen molar-refractivity contribution < 1.29 is 10.2 Å². The molecule has 0 aliphatic heterocycles. The van der Waals surface area contributed by atoms with E-state index in [1.54, 1.807) is 4.68 Å².